The van der Waals surface area contributed by atoms with Gasteiger partial charge in [-0.3, -0.25) is 19.5 Å². The zero-order valence-electron chi connectivity index (χ0n) is 22.6. The summed E-state index contributed by atoms with van der Waals surface area (Å²) in [7, 11) is 0. The van der Waals surface area contributed by atoms with Gasteiger partial charge in [0.1, 0.15) is 11.5 Å². The van der Waals surface area contributed by atoms with Crippen molar-refractivity contribution in [2.75, 3.05) is 6.61 Å². The van der Waals surface area contributed by atoms with Crippen LogP contribution in [0, 0.1) is 15.9 Å². The first kappa shape index (κ1) is 27.7. The summed E-state index contributed by atoms with van der Waals surface area (Å²) in [6.45, 7) is 1.86. The molecule has 0 radical (unpaired) electrons. The van der Waals surface area contributed by atoms with Crippen LogP contribution in [0.2, 0.25) is 0 Å². The molecule has 2 aromatic heterocycles. The zero-order chi connectivity index (χ0) is 30.1. The molecule has 0 bridgehead atoms. The Morgan fingerprint density at radius 1 is 1.07 bits per heavy atom. The number of hydrogen-bond donors (Lipinski definition) is 0. The fourth-order valence-electron chi connectivity index (χ4n) is 4.91. The van der Waals surface area contributed by atoms with Crippen molar-refractivity contribution in [2.45, 2.75) is 13.0 Å². The van der Waals surface area contributed by atoms with Crippen LogP contribution < -0.4 is 14.9 Å². The molecule has 5 aromatic rings. The average molecular weight is 596 g/mol. The molecular formula is C32H22FN3O6S. The van der Waals surface area contributed by atoms with Crippen LogP contribution in [0.4, 0.5) is 10.1 Å². The number of esters is 1. The Morgan fingerprint density at radius 3 is 2.49 bits per heavy atom. The van der Waals surface area contributed by atoms with E-state index in [1.807, 2.05) is 60.7 Å². The number of benzene rings is 3. The standard InChI is InChI=1S/C32H22FN3O6S/c1-2-41-31(38)27-28(19-9-5-3-6-10-19)34-32-35(29(27)20-11-7-4-8-12-20)30(37)26(43-32)18-22-14-16-25(42-22)21-13-15-23(33)24(17-21)36(39)40/h3-18,29H,2H2,1H3/b26-18-/t29-/m0/s1. The number of rotatable bonds is 7. The zero-order valence-corrected chi connectivity index (χ0v) is 23.4. The highest BCUT2D eigenvalue weighted by molar-refractivity contribution is 7.07. The van der Waals surface area contributed by atoms with Crippen LogP contribution in [0.1, 0.15) is 29.9 Å². The molecule has 3 heterocycles. The van der Waals surface area contributed by atoms with Crippen molar-refractivity contribution >= 4 is 34.8 Å². The molecule has 43 heavy (non-hydrogen) atoms. The van der Waals surface area contributed by atoms with Crippen molar-refractivity contribution in [3.63, 3.8) is 0 Å². The fourth-order valence-corrected chi connectivity index (χ4v) is 5.89. The van der Waals surface area contributed by atoms with Gasteiger partial charge < -0.3 is 9.15 Å². The molecule has 0 saturated carbocycles. The SMILES string of the molecule is CCOC(=O)C1=C(c2ccccc2)N=c2s/c(=C\c3ccc(-c4ccc(F)c([N+](=O)[O-])c4)o3)c(=O)n2[C@H]1c1ccccc1. The number of carbonyl (C=O) groups excluding carboxylic acids is 1. The van der Waals surface area contributed by atoms with E-state index in [1.54, 1.807) is 25.1 Å². The van der Waals surface area contributed by atoms with Crippen molar-refractivity contribution in [2.24, 2.45) is 4.99 Å². The van der Waals surface area contributed by atoms with Crippen molar-refractivity contribution in [3.8, 4) is 11.3 Å². The quantitative estimate of drug-likeness (QED) is 0.144. The molecule has 214 valence electrons. The predicted molar refractivity (Wildman–Crippen MR) is 158 cm³/mol. The summed E-state index contributed by atoms with van der Waals surface area (Å²) in [6.07, 6.45) is 1.55. The van der Waals surface area contributed by atoms with Gasteiger partial charge in [-0.1, -0.05) is 72.0 Å². The number of hydrogen-bond acceptors (Lipinski definition) is 8. The van der Waals surface area contributed by atoms with Gasteiger partial charge in [-0.25, -0.2) is 9.79 Å². The second kappa shape index (κ2) is 11.5. The molecule has 0 saturated heterocycles. The number of halogens is 1. The van der Waals surface area contributed by atoms with Crippen LogP contribution in [0.15, 0.2) is 111 Å². The van der Waals surface area contributed by atoms with Crippen molar-refractivity contribution in [1.29, 1.82) is 0 Å². The van der Waals surface area contributed by atoms with Gasteiger partial charge in [-0.2, -0.15) is 4.39 Å². The van der Waals surface area contributed by atoms with Crippen LogP contribution in [0.25, 0.3) is 23.1 Å². The van der Waals surface area contributed by atoms with E-state index in [0.717, 1.165) is 23.5 Å². The molecule has 1 aliphatic rings. The maximum atomic E-state index is 14.0. The lowest BCUT2D eigenvalue weighted by Crippen LogP contribution is -2.39. The Kier molecular flexibility index (Phi) is 7.39. The molecule has 3 aromatic carbocycles. The van der Waals surface area contributed by atoms with Crippen molar-refractivity contribution < 1.29 is 23.3 Å². The Balaban J connectivity index is 1.52. The fraction of sp³-hybridized carbons (Fsp3) is 0.0938. The topological polar surface area (TPSA) is 117 Å². The Morgan fingerprint density at radius 2 is 1.79 bits per heavy atom. The third-order valence-corrected chi connectivity index (χ3v) is 7.80. The Labute approximate surface area is 247 Å². The monoisotopic (exact) mass is 595 g/mol. The lowest BCUT2D eigenvalue weighted by atomic mass is 9.93. The first-order chi connectivity index (χ1) is 20.9. The van der Waals surface area contributed by atoms with Gasteiger partial charge in [-0.05, 0) is 36.8 Å². The van der Waals surface area contributed by atoms with Gasteiger partial charge in [0, 0.05) is 23.3 Å². The lowest BCUT2D eigenvalue weighted by molar-refractivity contribution is -0.387. The summed E-state index contributed by atoms with van der Waals surface area (Å²) in [5.41, 5.74) is 1.33. The number of furan rings is 1. The summed E-state index contributed by atoms with van der Waals surface area (Å²) < 4.78 is 27.0. The normalized spacial score (nSPS) is 14.7. The third kappa shape index (κ3) is 5.22. The summed E-state index contributed by atoms with van der Waals surface area (Å²) in [4.78, 5) is 43.0. The maximum absolute atomic E-state index is 14.0. The van der Waals surface area contributed by atoms with E-state index in [2.05, 4.69) is 0 Å². The van der Waals surface area contributed by atoms with E-state index in [0.29, 0.717) is 37.5 Å². The summed E-state index contributed by atoms with van der Waals surface area (Å²) in [5, 5.41) is 11.2. The molecule has 0 fully saturated rings. The maximum Gasteiger partial charge on any atom is 0.338 e. The van der Waals surface area contributed by atoms with E-state index < -0.39 is 28.4 Å². The van der Waals surface area contributed by atoms with Gasteiger partial charge in [0.15, 0.2) is 4.80 Å². The number of fused-ring (bicyclic) bond motifs is 1. The average Bonchev–Trinajstić information content (AvgIpc) is 3.61. The van der Waals surface area contributed by atoms with E-state index in [4.69, 9.17) is 14.1 Å². The van der Waals surface area contributed by atoms with Crippen LogP contribution in [-0.4, -0.2) is 22.1 Å². The summed E-state index contributed by atoms with van der Waals surface area (Å²) >= 11 is 1.14. The molecular weight excluding hydrogens is 573 g/mol. The van der Waals surface area contributed by atoms with Crippen LogP contribution in [0.3, 0.4) is 0 Å². The van der Waals surface area contributed by atoms with Crippen LogP contribution in [-0.2, 0) is 9.53 Å². The number of aromatic nitrogens is 1. The molecule has 11 heteroatoms. The number of nitro groups is 1. The number of ether oxygens (including phenoxy) is 1. The minimum absolute atomic E-state index is 0.147. The van der Waals surface area contributed by atoms with Gasteiger partial charge in [0.2, 0.25) is 5.82 Å². The van der Waals surface area contributed by atoms with Crippen LogP contribution in [0.5, 0.6) is 0 Å². The number of thiazole rings is 1. The highest BCUT2D eigenvalue weighted by Gasteiger charge is 2.35. The smallest absolute Gasteiger partial charge is 0.338 e. The number of nitro benzene ring substituents is 1. The molecule has 6 rings (SSSR count). The minimum atomic E-state index is -0.952. The predicted octanol–water partition coefficient (Wildman–Crippen LogP) is 5.24. The van der Waals surface area contributed by atoms with Crippen molar-refractivity contribution in [3.05, 3.63) is 149 Å². The van der Waals surface area contributed by atoms with E-state index >= 15 is 0 Å². The Bertz CT molecular complexity index is 2080. The molecule has 0 unspecified atom stereocenters. The van der Waals surface area contributed by atoms with E-state index in [1.165, 1.54) is 10.6 Å². The van der Waals surface area contributed by atoms with Gasteiger partial charge in [-0.15, -0.1) is 0 Å². The highest BCUT2D eigenvalue weighted by Crippen LogP contribution is 2.35. The molecule has 0 aliphatic carbocycles. The summed E-state index contributed by atoms with van der Waals surface area (Å²) in [5.74, 6) is -0.958. The second-order valence-electron chi connectivity index (χ2n) is 9.47. The minimum Gasteiger partial charge on any atom is -0.463 e. The first-order valence-corrected chi connectivity index (χ1v) is 14.0. The lowest BCUT2D eigenvalue weighted by Gasteiger charge is -2.25. The molecule has 0 N–H and O–H groups in total. The largest absolute Gasteiger partial charge is 0.463 e. The highest BCUT2D eigenvalue weighted by atomic mass is 32.1. The first-order valence-electron chi connectivity index (χ1n) is 13.2. The van der Waals surface area contributed by atoms with E-state index in [-0.39, 0.29) is 23.5 Å². The van der Waals surface area contributed by atoms with Gasteiger partial charge >= 0.3 is 11.7 Å². The molecule has 9 nitrogen and oxygen atoms in total. The van der Waals surface area contributed by atoms with E-state index in [9.17, 15) is 24.1 Å². The van der Waals surface area contributed by atoms with Crippen LogP contribution >= 0.6 is 11.3 Å². The van der Waals surface area contributed by atoms with Crippen molar-refractivity contribution in [1.82, 2.24) is 4.57 Å². The molecule has 1 atom stereocenters. The molecule has 1 aliphatic heterocycles. The third-order valence-electron chi connectivity index (χ3n) is 6.82. The number of carbonyl (C=O) groups is 1. The number of nitrogens with zero attached hydrogens (tertiary/aromatic N) is 3. The Hall–Kier alpha value is -5.42. The summed E-state index contributed by atoms with van der Waals surface area (Å²) in [6, 6.07) is 24.3. The molecule has 0 amide bonds. The van der Waals surface area contributed by atoms with Gasteiger partial charge in [0.05, 0.1) is 33.4 Å². The second-order valence-corrected chi connectivity index (χ2v) is 10.5. The molecule has 0 spiro atoms. The van der Waals surface area contributed by atoms with Gasteiger partial charge in [0.25, 0.3) is 5.56 Å².